The number of hydrogen-bond acceptors (Lipinski definition) is 2. The van der Waals surface area contributed by atoms with Crippen molar-refractivity contribution in [3.05, 3.63) is 29.8 Å². The monoisotopic (exact) mass is 247 g/mol. The highest BCUT2D eigenvalue weighted by Crippen LogP contribution is 2.41. The molecule has 2 atom stereocenters. The summed E-state index contributed by atoms with van der Waals surface area (Å²) in [6, 6.07) is 8.54. The third-order valence-corrected chi connectivity index (χ3v) is 4.05. The van der Waals surface area contributed by atoms with Crippen LogP contribution in [0.3, 0.4) is 0 Å². The fourth-order valence-corrected chi connectivity index (χ4v) is 3.28. The highest BCUT2D eigenvalue weighted by molar-refractivity contribution is 5.36. The minimum absolute atomic E-state index is 0.664. The van der Waals surface area contributed by atoms with Crippen LogP contribution in [0.5, 0.6) is 5.75 Å². The van der Waals surface area contributed by atoms with Gasteiger partial charge in [-0.2, -0.15) is 0 Å². The summed E-state index contributed by atoms with van der Waals surface area (Å²) in [5.41, 5.74) is 1.41. The summed E-state index contributed by atoms with van der Waals surface area (Å²) in [7, 11) is 6.13. The maximum absolute atomic E-state index is 5.54. The zero-order valence-electron chi connectivity index (χ0n) is 11.9. The molecule has 1 saturated carbocycles. The van der Waals surface area contributed by atoms with Crippen LogP contribution in [-0.2, 0) is 0 Å². The number of benzene rings is 1. The SMILES string of the molecule is COc1ccccc1[C@@H]1CCCC[C@H]1CN(C)C. The van der Waals surface area contributed by atoms with Crippen molar-refractivity contribution in [2.24, 2.45) is 5.92 Å². The zero-order valence-corrected chi connectivity index (χ0v) is 11.9. The van der Waals surface area contributed by atoms with Crippen LogP contribution in [0.15, 0.2) is 24.3 Å². The minimum Gasteiger partial charge on any atom is -0.496 e. The van der Waals surface area contributed by atoms with Gasteiger partial charge in [0.1, 0.15) is 5.75 Å². The molecule has 1 aliphatic rings. The number of methoxy groups -OCH3 is 1. The van der Waals surface area contributed by atoms with Crippen LogP contribution < -0.4 is 4.74 Å². The molecule has 1 fully saturated rings. The molecule has 2 heteroatoms. The molecule has 100 valence electrons. The second-order valence-electron chi connectivity index (χ2n) is 5.66. The van der Waals surface area contributed by atoms with Crippen molar-refractivity contribution in [2.75, 3.05) is 27.7 Å². The lowest BCUT2D eigenvalue weighted by Crippen LogP contribution is -2.29. The molecular weight excluding hydrogens is 222 g/mol. The Hall–Kier alpha value is -1.02. The fourth-order valence-electron chi connectivity index (χ4n) is 3.28. The molecule has 0 spiro atoms. The largest absolute Gasteiger partial charge is 0.496 e. The second-order valence-corrected chi connectivity index (χ2v) is 5.66. The molecule has 0 radical (unpaired) electrons. The van der Waals surface area contributed by atoms with Crippen molar-refractivity contribution in [3.8, 4) is 5.75 Å². The van der Waals surface area contributed by atoms with E-state index in [9.17, 15) is 0 Å². The zero-order chi connectivity index (χ0) is 13.0. The van der Waals surface area contributed by atoms with Crippen molar-refractivity contribution in [2.45, 2.75) is 31.6 Å². The minimum atomic E-state index is 0.664. The summed E-state index contributed by atoms with van der Waals surface area (Å²) < 4.78 is 5.54. The highest BCUT2D eigenvalue weighted by atomic mass is 16.5. The van der Waals surface area contributed by atoms with Crippen LogP contribution in [0, 0.1) is 5.92 Å². The van der Waals surface area contributed by atoms with Gasteiger partial charge in [-0.1, -0.05) is 31.0 Å². The predicted octanol–water partition coefficient (Wildman–Crippen LogP) is 3.53. The van der Waals surface area contributed by atoms with Crippen LogP contribution in [0.1, 0.15) is 37.2 Å². The Labute approximate surface area is 111 Å². The first-order chi connectivity index (χ1) is 8.72. The number of rotatable bonds is 4. The first kappa shape index (κ1) is 13.4. The average Bonchev–Trinajstić information content (AvgIpc) is 2.39. The topological polar surface area (TPSA) is 12.5 Å². The van der Waals surface area contributed by atoms with Crippen molar-refractivity contribution in [1.29, 1.82) is 0 Å². The van der Waals surface area contributed by atoms with E-state index in [1.807, 2.05) is 0 Å². The van der Waals surface area contributed by atoms with Crippen LogP contribution in [0.25, 0.3) is 0 Å². The molecule has 1 aliphatic carbocycles. The Kier molecular flexibility index (Phi) is 4.65. The van der Waals surface area contributed by atoms with Gasteiger partial charge in [-0.05, 0) is 50.4 Å². The van der Waals surface area contributed by atoms with Gasteiger partial charge < -0.3 is 9.64 Å². The predicted molar refractivity (Wildman–Crippen MR) is 76.2 cm³/mol. The van der Waals surface area contributed by atoms with Crippen LogP contribution in [0.2, 0.25) is 0 Å². The standard InChI is InChI=1S/C16H25NO/c1-17(2)12-13-8-4-5-9-14(13)15-10-6-7-11-16(15)18-3/h6-7,10-11,13-14H,4-5,8-9,12H2,1-3H3/t13-,14+/m0/s1. The van der Waals surface area contributed by atoms with E-state index >= 15 is 0 Å². The van der Waals surface area contributed by atoms with Gasteiger partial charge in [0.2, 0.25) is 0 Å². The number of ether oxygens (including phenoxy) is 1. The summed E-state index contributed by atoms with van der Waals surface area (Å²) in [5, 5.41) is 0. The fraction of sp³-hybridized carbons (Fsp3) is 0.625. The van der Waals surface area contributed by atoms with E-state index in [0.717, 1.165) is 11.7 Å². The maximum atomic E-state index is 5.54. The third kappa shape index (κ3) is 3.05. The molecule has 1 aromatic rings. The third-order valence-electron chi connectivity index (χ3n) is 4.05. The molecule has 18 heavy (non-hydrogen) atoms. The molecule has 0 saturated heterocycles. The van der Waals surface area contributed by atoms with Gasteiger partial charge >= 0.3 is 0 Å². The van der Waals surface area contributed by atoms with Crippen molar-refractivity contribution < 1.29 is 4.74 Å². The smallest absolute Gasteiger partial charge is 0.122 e. The lowest BCUT2D eigenvalue weighted by Gasteiger charge is -2.34. The quantitative estimate of drug-likeness (QED) is 0.807. The average molecular weight is 247 g/mol. The summed E-state index contributed by atoms with van der Waals surface area (Å²) in [5.74, 6) is 2.50. The van der Waals surface area contributed by atoms with Crippen LogP contribution in [-0.4, -0.2) is 32.6 Å². The van der Waals surface area contributed by atoms with Gasteiger partial charge in [0.25, 0.3) is 0 Å². The molecule has 2 rings (SSSR count). The molecule has 1 aromatic carbocycles. The van der Waals surface area contributed by atoms with E-state index in [-0.39, 0.29) is 0 Å². The summed E-state index contributed by atoms with van der Waals surface area (Å²) in [4.78, 5) is 2.32. The molecular formula is C16H25NO. The molecule has 0 bridgehead atoms. The Morgan fingerprint density at radius 1 is 1.17 bits per heavy atom. The molecule has 2 nitrogen and oxygen atoms in total. The number of nitrogens with zero attached hydrogens (tertiary/aromatic N) is 1. The van der Waals surface area contributed by atoms with E-state index < -0.39 is 0 Å². The maximum Gasteiger partial charge on any atom is 0.122 e. The first-order valence-corrected chi connectivity index (χ1v) is 7.00. The van der Waals surface area contributed by atoms with Gasteiger partial charge in [-0.25, -0.2) is 0 Å². The Bertz CT molecular complexity index is 375. The van der Waals surface area contributed by atoms with Gasteiger partial charge in [-0.15, -0.1) is 0 Å². The van der Waals surface area contributed by atoms with E-state index in [2.05, 4.69) is 43.3 Å². The van der Waals surface area contributed by atoms with E-state index in [1.54, 1.807) is 7.11 Å². The Morgan fingerprint density at radius 2 is 1.89 bits per heavy atom. The second kappa shape index (κ2) is 6.24. The first-order valence-electron chi connectivity index (χ1n) is 7.00. The Morgan fingerprint density at radius 3 is 2.61 bits per heavy atom. The summed E-state index contributed by atoms with van der Waals surface area (Å²) in [6.45, 7) is 1.18. The Balaban J connectivity index is 2.22. The lowest BCUT2D eigenvalue weighted by molar-refractivity contribution is 0.230. The number of para-hydroxylation sites is 1. The van der Waals surface area contributed by atoms with Crippen LogP contribution >= 0.6 is 0 Å². The lowest BCUT2D eigenvalue weighted by atomic mass is 9.75. The molecule has 0 heterocycles. The normalized spacial score (nSPS) is 24.2. The van der Waals surface area contributed by atoms with Crippen molar-refractivity contribution in [1.82, 2.24) is 4.90 Å². The highest BCUT2D eigenvalue weighted by Gasteiger charge is 2.28. The molecule has 0 aromatic heterocycles. The van der Waals surface area contributed by atoms with Gasteiger partial charge in [0, 0.05) is 6.54 Å². The van der Waals surface area contributed by atoms with E-state index in [0.29, 0.717) is 5.92 Å². The number of hydrogen-bond donors (Lipinski definition) is 0. The van der Waals surface area contributed by atoms with Crippen molar-refractivity contribution in [3.63, 3.8) is 0 Å². The molecule has 0 aliphatic heterocycles. The summed E-state index contributed by atoms with van der Waals surface area (Å²) in [6.07, 6.45) is 5.39. The van der Waals surface area contributed by atoms with Crippen LogP contribution in [0.4, 0.5) is 0 Å². The molecule has 0 amide bonds. The summed E-state index contributed by atoms with van der Waals surface area (Å²) >= 11 is 0. The van der Waals surface area contributed by atoms with Crippen molar-refractivity contribution >= 4 is 0 Å². The molecule has 0 unspecified atom stereocenters. The van der Waals surface area contributed by atoms with E-state index in [4.69, 9.17) is 4.74 Å². The van der Waals surface area contributed by atoms with E-state index in [1.165, 1.54) is 37.8 Å². The van der Waals surface area contributed by atoms with Gasteiger partial charge in [0.05, 0.1) is 7.11 Å². The van der Waals surface area contributed by atoms with Gasteiger partial charge in [0.15, 0.2) is 0 Å². The molecule has 0 N–H and O–H groups in total. The van der Waals surface area contributed by atoms with Gasteiger partial charge in [-0.3, -0.25) is 0 Å².